The first-order chi connectivity index (χ1) is 6.18. The van der Waals surface area contributed by atoms with E-state index in [-0.39, 0.29) is 0 Å². The first-order valence-corrected chi connectivity index (χ1v) is 4.47. The third-order valence-corrected chi connectivity index (χ3v) is 2.52. The standard InChI is InChI=1S/C10H14N2O/c11-9-5-8(9)6-2-1-3-7(4-6)10(12)13/h1-4,8-10,13H,5,11-12H2. The highest BCUT2D eigenvalue weighted by molar-refractivity contribution is 5.32. The zero-order valence-electron chi connectivity index (χ0n) is 7.35. The van der Waals surface area contributed by atoms with Gasteiger partial charge >= 0.3 is 0 Å². The van der Waals surface area contributed by atoms with Crippen molar-refractivity contribution < 1.29 is 5.11 Å². The van der Waals surface area contributed by atoms with Gasteiger partial charge in [-0.25, -0.2) is 0 Å². The quantitative estimate of drug-likeness (QED) is 0.576. The molecule has 0 spiro atoms. The Morgan fingerprint density at radius 1 is 1.46 bits per heavy atom. The minimum atomic E-state index is -0.880. The molecule has 3 heteroatoms. The van der Waals surface area contributed by atoms with Gasteiger partial charge in [0.05, 0.1) is 0 Å². The van der Waals surface area contributed by atoms with Gasteiger partial charge in [-0.2, -0.15) is 0 Å². The van der Waals surface area contributed by atoms with Crippen molar-refractivity contribution in [1.29, 1.82) is 0 Å². The fourth-order valence-electron chi connectivity index (χ4n) is 1.57. The molecule has 0 amide bonds. The van der Waals surface area contributed by atoms with Gasteiger partial charge in [0, 0.05) is 12.0 Å². The summed E-state index contributed by atoms with van der Waals surface area (Å²) in [5.74, 6) is 0.471. The monoisotopic (exact) mass is 178 g/mol. The molecule has 0 bridgehead atoms. The Bertz CT molecular complexity index is 312. The summed E-state index contributed by atoms with van der Waals surface area (Å²) in [6.07, 6.45) is 0.166. The molecule has 0 heterocycles. The maximum atomic E-state index is 9.16. The number of nitrogens with two attached hydrogens (primary N) is 2. The second-order valence-electron chi connectivity index (χ2n) is 3.62. The van der Waals surface area contributed by atoms with Crippen LogP contribution >= 0.6 is 0 Å². The van der Waals surface area contributed by atoms with E-state index < -0.39 is 6.23 Å². The van der Waals surface area contributed by atoms with Crippen LogP contribution in [-0.2, 0) is 0 Å². The fourth-order valence-corrected chi connectivity index (χ4v) is 1.57. The van der Waals surface area contributed by atoms with Crippen LogP contribution in [0.15, 0.2) is 24.3 Å². The highest BCUT2D eigenvalue weighted by atomic mass is 16.3. The lowest BCUT2D eigenvalue weighted by Crippen LogP contribution is -2.09. The Morgan fingerprint density at radius 3 is 2.69 bits per heavy atom. The topological polar surface area (TPSA) is 72.3 Å². The fraction of sp³-hybridized carbons (Fsp3) is 0.400. The van der Waals surface area contributed by atoms with E-state index in [4.69, 9.17) is 16.6 Å². The van der Waals surface area contributed by atoms with E-state index in [1.165, 1.54) is 5.56 Å². The van der Waals surface area contributed by atoms with Crippen LogP contribution in [0, 0.1) is 0 Å². The summed E-state index contributed by atoms with van der Waals surface area (Å²) in [5, 5.41) is 9.16. The number of benzene rings is 1. The van der Waals surface area contributed by atoms with Crippen molar-refractivity contribution in [2.75, 3.05) is 0 Å². The largest absolute Gasteiger partial charge is 0.375 e. The van der Waals surface area contributed by atoms with E-state index in [0.717, 1.165) is 12.0 Å². The van der Waals surface area contributed by atoms with Crippen molar-refractivity contribution in [3.05, 3.63) is 35.4 Å². The molecule has 1 aliphatic carbocycles. The van der Waals surface area contributed by atoms with Crippen molar-refractivity contribution >= 4 is 0 Å². The molecule has 1 aromatic rings. The van der Waals surface area contributed by atoms with Gasteiger partial charge in [0.2, 0.25) is 0 Å². The second-order valence-corrected chi connectivity index (χ2v) is 3.62. The highest BCUT2D eigenvalue weighted by Crippen LogP contribution is 2.39. The summed E-state index contributed by atoms with van der Waals surface area (Å²) in [6.45, 7) is 0. The molecule has 5 N–H and O–H groups in total. The van der Waals surface area contributed by atoms with E-state index in [1.54, 1.807) is 0 Å². The van der Waals surface area contributed by atoms with Crippen LogP contribution in [0.5, 0.6) is 0 Å². The van der Waals surface area contributed by atoms with Crippen molar-refractivity contribution in [2.24, 2.45) is 11.5 Å². The Balaban J connectivity index is 2.23. The van der Waals surface area contributed by atoms with Crippen LogP contribution in [0.1, 0.15) is 29.7 Å². The summed E-state index contributed by atoms with van der Waals surface area (Å²) in [6, 6.07) is 7.99. The molecule has 1 saturated carbocycles. The molecular weight excluding hydrogens is 164 g/mol. The molecule has 13 heavy (non-hydrogen) atoms. The highest BCUT2D eigenvalue weighted by Gasteiger charge is 2.34. The number of hydrogen-bond acceptors (Lipinski definition) is 3. The number of aliphatic hydroxyl groups is 1. The summed E-state index contributed by atoms with van der Waals surface area (Å²) < 4.78 is 0. The molecule has 0 aromatic heterocycles. The summed E-state index contributed by atoms with van der Waals surface area (Å²) >= 11 is 0. The van der Waals surface area contributed by atoms with Crippen LogP contribution in [0.4, 0.5) is 0 Å². The van der Waals surface area contributed by atoms with Crippen LogP contribution in [0.2, 0.25) is 0 Å². The Kier molecular flexibility index (Phi) is 2.07. The maximum absolute atomic E-state index is 9.16. The molecule has 3 atom stereocenters. The predicted octanol–water partition coefficient (Wildman–Crippen LogP) is 0.451. The van der Waals surface area contributed by atoms with Gasteiger partial charge in [-0.15, -0.1) is 0 Å². The Hall–Kier alpha value is -0.900. The number of rotatable bonds is 2. The third-order valence-electron chi connectivity index (χ3n) is 2.52. The molecule has 1 aromatic carbocycles. The normalized spacial score (nSPS) is 28.5. The molecule has 1 aliphatic rings. The van der Waals surface area contributed by atoms with Crippen molar-refractivity contribution in [1.82, 2.24) is 0 Å². The Labute approximate surface area is 77.4 Å². The van der Waals surface area contributed by atoms with Crippen LogP contribution in [0.3, 0.4) is 0 Å². The van der Waals surface area contributed by atoms with E-state index in [0.29, 0.717) is 12.0 Å². The van der Waals surface area contributed by atoms with E-state index in [2.05, 4.69) is 0 Å². The molecule has 2 rings (SSSR count). The SMILES string of the molecule is NC(O)c1cccc(C2CC2N)c1. The minimum Gasteiger partial charge on any atom is -0.375 e. The first kappa shape index (κ1) is 8.69. The van der Waals surface area contributed by atoms with Crippen molar-refractivity contribution in [2.45, 2.75) is 24.6 Å². The smallest absolute Gasteiger partial charge is 0.128 e. The molecule has 0 radical (unpaired) electrons. The molecule has 3 nitrogen and oxygen atoms in total. The average molecular weight is 178 g/mol. The van der Waals surface area contributed by atoms with Gasteiger partial charge in [0.1, 0.15) is 6.23 Å². The van der Waals surface area contributed by atoms with Crippen molar-refractivity contribution in [3.63, 3.8) is 0 Å². The van der Waals surface area contributed by atoms with Gasteiger partial charge < -0.3 is 16.6 Å². The van der Waals surface area contributed by atoms with E-state index in [1.807, 2.05) is 24.3 Å². The number of aliphatic hydroxyl groups excluding tert-OH is 1. The summed E-state index contributed by atoms with van der Waals surface area (Å²) in [7, 11) is 0. The van der Waals surface area contributed by atoms with Crippen LogP contribution < -0.4 is 11.5 Å². The zero-order chi connectivity index (χ0) is 9.42. The number of hydrogen-bond donors (Lipinski definition) is 3. The van der Waals surface area contributed by atoms with Crippen molar-refractivity contribution in [3.8, 4) is 0 Å². The third kappa shape index (κ3) is 1.72. The summed E-state index contributed by atoms with van der Waals surface area (Å²) in [5.41, 5.74) is 13.0. The molecule has 1 fully saturated rings. The van der Waals surface area contributed by atoms with Gasteiger partial charge in [0.25, 0.3) is 0 Å². The summed E-state index contributed by atoms with van der Waals surface area (Å²) in [4.78, 5) is 0. The lowest BCUT2D eigenvalue weighted by atomic mass is 10.1. The molecule has 3 unspecified atom stereocenters. The second kappa shape index (κ2) is 3.10. The maximum Gasteiger partial charge on any atom is 0.128 e. The van der Waals surface area contributed by atoms with Gasteiger partial charge in [-0.1, -0.05) is 24.3 Å². The van der Waals surface area contributed by atoms with Crippen LogP contribution in [-0.4, -0.2) is 11.1 Å². The van der Waals surface area contributed by atoms with E-state index >= 15 is 0 Å². The van der Waals surface area contributed by atoms with Gasteiger partial charge in [-0.3, -0.25) is 0 Å². The van der Waals surface area contributed by atoms with Gasteiger partial charge in [-0.05, 0) is 17.5 Å². The molecule has 0 saturated heterocycles. The lowest BCUT2D eigenvalue weighted by Gasteiger charge is -2.06. The lowest BCUT2D eigenvalue weighted by molar-refractivity contribution is 0.186. The Morgan fingerprint density at radius 2 is 2.15 bits per heavy atom. The average Bonchev–Trinajstić information content (AvgIpc) is 2.83. The van der Waals surface area contributed by atoms with Crippen LogP contribution in [0.25, 0.3) is 0 Å². The minimum absolute atomic E-state index is 0.296. The predicted molar refractivity (Wildman–Crippen MR) is 50.9 cm³/mol. The van der Waals surface area contributed by atoms with Gasteiger partial charge in [0.15, 0.2) is 0 Å². The molecular formula is C10H14N2O. The molecule has 70 valence electrons. The molecule has 0 aliphatic heterocycles. The first-order valence-electron chi connectivity index (χ1n) is 4.47. The zero-order valence-corrected chi connectivity index (χ0v) is 7.35. The van der Waals surface area contributed by atoms with E-state index in [9.17, 15) is 0 Å².